The Bertz CT molecular complexity index is 1770. The Morgan fingerprint density at radius 1 is 0.444 bits per heavy atom. The van der Waals surface area contributed by atoms with E-state index in [9.17, 15) is 10.5 Å². The fraction of sp³-hybridized carbons (Fsp3) is 0.0588. The molecule has 5 aromatic carbocycles. The van der Waals surface area contributed by atoms with Gasteiger partial charge in [0, 0.05) is 17.4 Å². The number of hydrogen-bond donors (Lipinski definition) is 0. The third-order valence-electron chi connectivity index (χ3n) is 7.72. The average Bonchev–Trinajstić information content (AvgIpc) is 2.96. The first-order valence-electron chi connectivity index (χ1n) is 12.1. The summed E-state index contributed by atoms with van der Waals surface area (Å²) in [6.07, 6.45) is 0. The lowest BCUT2D eigenvalue weighted by Crippen LogP contribution is -2.28. The molecule has 2 nitrogen and oxygen atoms in total. The van der Waals surface area contributed by atoms with Gasteiger partial charge in [-0.05, 0) is 74.3 Å². The van der Waals surface area contributed by atoms with Crippen molar-refractivity contribution < 1.29 is 0 Å². The van der Waals surface area contributed by atoms with Crippen molar-refractivity contribution in [3.05, 3.63) is 154 Å². The highest BCUT2D eigenvalue weighted by molar-refractivity contribution is 5.87. The molecule has 0 radical (unpaired) electrons. The van der Waals surface area contributed by atoms with E-state index in [0.717, 1.165) is 22.3 Å². The van der Waals surface area contributed by atoms with Crippen molar-refractivity contribution in [3.8, 4) is 34.4 Å². The van der Waals surface area contributed by atoms with Crippen molar-refractivity contribution in [3.63, 3.8) is 0 Å². The summed E-state index contributed by atoms with van der Waals surface area (Å²) in [5.74, 6) is 0.106. The second-order valence-electron chi connectivity index (χ2n) is 9.50. The Balaban J connectivity index is 1.50. The van der Waals surface area contributed by atoms with Gasteiger partial charge in [0.25, 0.3) is 0 Å². The Morgan fingerprint density at radius 3 is 1.75 bits per heavy atom. The van der Waals surface area contributed by atoms with E-state index < -0.39 is 0 Å². The number of benzene rings is 5. The zero-order valence-electron chi connectivity index (χ0n) is 19.4. The van der Waals surface area contributed by atoms with Gasteiger partial charge in [-0.3, -0.25) is 0 Å². The molecule has 2 atom stereocenters. The van der Waals surface area contributed by atoms with Gasteiger partial charge in [-0.1, -0.05) is 84.9 Å². The van der Waals surface area contributed by atoms with Gasteiger partial charge in [-0.15, -0.1) is 0 Å². The Labute approximate surface area is 210 Å². The predicted molar refractivity (Wildman–Crippen MR) is 142 cm³/mol. The van der Waals surface area contributed by atoms with Crippen LogP contribution in [0.15, 0.2) is 109 Å². The molecule has 2 heteroatoms. The van der Waals surface area contributed by atoms with Crippen molar-refractivity contribution in [2.45, 2.75) is 11.8 Å². The third-order valence-corrected chi connectivity index (χ3v) is 7.72. The normalized spacial score (nSPS) is 16.3. The van der Waals surface area contributed by atoms with Crippen molar-refractivity contribution >= 4 is 0 Å². The molecule has 0 spiro atoms. The summed E-state index contributed by atoms with van der Waals surface area (Å²) in [6.45, 7) is 0. The first kappa shape index (κ1) is 20.5. The van der Waals surface area contributed by atoms with E-state index in [0.29, 0.717) is 11.1 Å². The molecule has 0 saturated heterocycles. The van der Waals surface area contributed by atoms with Gasteiger partial charge in [0.1, 0.15) is 0 Å². The van der Waals surface area contributed by atoms with Gasteiger partial charge < -0.3 is 0 Å². The Kier molecular flexibility index (Phi) is 4.44. The zero-order chi connectivity index (χ0) is 24.2. The van der Waals surface area contributed by atoms with Gasteiger partial charge in [0.2, 0.25) is 0 Å². The SMILES string of the molecule is N#Cc1ccc2c(c1)C1c3ccccc3C2c2cc(-c3ccccc3-c3ccccc3)c(C#N)cc21. The van der Waals surface area contributed by atoms with Crippen LogP contribution in [-0.2, 0) is 0 Å². The molecule has 0 aliphatic heterocycles. The standard InChI is InChI=1S/C34H20N2/c35-19-21-14-15-28-30(16-21)34-27-13-7-6-12-26(27)33(28)32-18-29(23(20-36)17-31(32)34)25-11-5-4-10-24(25)22-8-2-1-3-9-22/h1-18,33-34H. The molecule has 0 amide bonds. The van der Waals surface area contributed by atoms with Crippen molar-refractivity contribution in [2.75, 3.05) is 0 Å². The minimum atomic E-state index is 0.0232. The fourth-order valence-corrected chi connectivity index (χ4v) is 6.23. The summed E-state index contributed by atoms with van der Waals surface area (Å²) in [5, 5.41) is 19.9. The van der Waals surface area contributed by atoms with Crippen LogP contribution in [0, 0.1) is 22.7 Å². The molecule has 36 heavy (non-hydrogen) atoms. The maximum absolute atomic E-state index is 10.3. The number of nitriles is 2. The van der Waals surface area contributed by atoms with Crippen LogP contribution in [0.2, 0.25) is 0 Å². The lowest BCUT2D eigenvalue weighted by Gasteiger charge is -2.42. The molecular formula is C34H20N2. The second-order valence-corrected chi connectivity index (χ2v) is 9.50. The van der Waals surface area contributed by atoms with Gasteiger partial charge in [0.05, 0.1) is 23.3 Å². The molecule has 8 rings (SSSR count). The van der Waals surface area contributed by atoms with Crippen LogP contribution in [-0.4, -0.2) is 0 Å². The first-order valence-corrected chi connectivity index (χ1v) is 12.1. The second kappa shape index (κ2) is 7.81. The van der Waals surface area contributed by atoms with Gasteiger partial charge in [-0.2, -0.15) is 10.5 Å². The smallest absolute Gasteiger partial charge is 0.0998 e. The maximum Gasteiger partial charge on any atom is 0.0998 e. The number of nitrogens with zero attached hydrogens (tertiary/aromatic N) is 2. The summed E-state index contributed by atoms with van der Waals surface area (Å²) >= 11 is 0. The van der Waals surface area contributed by atoms with Crippen LogP contribution >= 0.6 is 0 Å². The number of hydrogen-bond acceptors (Lipinski definition) is 2. The van der Waals surface area contributed by atoms with Gasteiger partial charge >= 0.3 is 0 Å². The lowest BCUT2D eigenvalue weighted by atomic mass is 9.60. The van der Waals surface area contributed by atoms with Gasteiger partial charge in [-0.25, -0.2) is 0 Å². The molecule has 0 N–H and O–H groups in total. The minimum absolute atomic E-state index is 0.0232. The molecule has 0 aromatic heterocycles. The first-order chi connectivity index (χ1) is 17.8. The van der Waals surface area contributed by atoms with E-state index in [1.807, 2.05) is 36.4 Å². The Morgan fingerprint density at radius 2 is 1.03 bits per heavy atom. The van der Waals surface area contributed by atoms with E-state index in [2.05, 4.69) is 84.9 Å². The summed E-state index contributed by atoms with van der Waals surface area (Å²) < 4.78 is 0. The fourth-order valence-electron chi connectivity index (χ4n) is 6.23. The average molecular weight is 457 g/mol. The van der Waals surface area contributed by atoms with E-state index in [1.54, 1.807) is 0 Å². The van der Waals surface area contributed by atoms with Crippen molar-refractivity contribution in [1.29, 1.82) is 10.5 Å². The molecule has 0 saturated carbocycles. The van der Waals surface area contributed by atoms with Crippen LogP contribution in [0.25, 0.3) is 22.3 Å². The topological polar surface area (TPSA) is 47.6 Å². The lowest BCUT2D eigenvalue weighted by molar-refractivity contribution is 0.754. The highest BCUT2D eigenvalue weighted by atomic mass is 14.4. The molecule has 166 valence electrons. The van der Waals surface area contributed by atoms with Crippen LogP contribution in [0.1, 0.15) is 56.3 Å². The van der Waals surface area contributed by atoms with Crippen LogP contribution < -0.4 is 0 Å². The molecule has 5 aromatic rings. The van der Waals surface area contributed by atoms with Crippen LogP contribution in [0.4, 0.5) is 0 Å². The highest BCUT2D eigenvalue weighted by Crippen LogP contribution is 2.56. The molecule has 3 aliphatic carbocycles. The summed E-state index contributed by atoms with van der Waals surface area (Å²) in [6, 6.07) is 42.6. The summed E-state index contributed by atoms with van der Waals surface area (Å²) in [7, 11) is 0. The highest BCUT2D eigenvalue weighted by Gasteiger charge is 2.41. The molecule has 3 aliphatic rings. The van der Waals surface area contributed by atoms with E-state index in [4.69, 9.17) is 0 Å². The van der Waals surface area contributed by atoms with E-state index in [1.165, 1.54) is 33.4 Å². The monoisotopic (exact) mass is 456 g/mol. The van der Waals surface area contributed by atoms with Gasteiger partial charge in [0.15, 0.2) is 0 Å². The molecular weight excluding hydrogens is 436 g/mol. The van der Waals surface area contributed by atoms with Crippen molar-refractivity contribution in [2.24, 2.45) is 0 Å². The quantitative estimate of drug-likeness (QED) is 0.267. The molecule has 0 fully saturated rings. The Hall–Kier alpha value is -4.92. The summed E-state index contributed by atoms with van der Waals surface area (Å²) in [4.78, 5) is 0. The predicted octanol–water partition coefficient (Wildman–Crippen LogP) is 7.75. The largest absolute Gasteiger partial charge is 0.192 e. The van der Waals surface area contributed by atoms with E-state index in [-0.39, 0.29) is 11.8 Å². The number of rotatable bonds is 2. The maximum atomic E-state index is 10.3. The zero-order valence-corrected chi connectivity index (χ0v) is 19.4. The molecule has 2 bridgehead atoms. The van der Waals surface area contributed by atoms with E-state index >= 15 is 0 Å². The minimum Gasteiger partial charge on any atom is -0.192 e. The van der Waals surface area contributed by atoms with Crippen molar-refractivity contribution in [1.82, 2.24) is 0 Å². The molecule has 2 unspecified atom stereocenters. The van der Waals surface area contributed by atoms with Crippen LogP contribution in [0.3, 0.4) is 0 Å². The van der Waals surface area contributed by atoms with Crippen LogP contribution in [0.5, 0.6) is 0 Å². The third kappa shape index (κ3) is 2.83. The summed E-state index contributed by atoms with van der Waals surface area (Å²) in [5.41, 5.74) is 13.1. The molecule has 0 heterocycles.